The Hall–Kier alpha value is -1.16. The van der Waals surface area contributed by atoms with Gasteiger partial charge in [0.2, 0.25) is 5.34 Å². The Morgan fingerprint density at radius 2 is 2.00 bits per heavy atom. The number of fused-ring (bicyclic) bond motifs is 1. The number of ether oxygens (including phenoxy) is 1. The van der Waals surface area contributed by atoms with Crippen LogP contribution in [0.3, 0.4) is 0 Å². The zero-order valence-electron chi connectivity index (χ0n) is 8.80. The van der Waals surface area contributed by atoms with Crippen molar-refractivity contribution in [2.75, 3.05) is 0 Å². The van der Waals surface area contributed by atoms with Gasteiger partial charge < -0.3 is 14.5 Å². The molecule has 0 aromatic heterocycles. The van der Waals surface area contributed by atoms with E-state index in [1.165, 1.54) is 13.0 Å². The van der Waals surface area contributed by atoms with Crippen LogP contribution in [0, 0.1) is 6.92 Å². The summed E-state index contributed by atoms with van der Waals surface area (Å²) in [6, 6.07) is 4.85. The summed E-state index contributed by atoms with van der Waals surface area (Å²) >= 11 is 0. The number of carbonyl (C=O) groups is 1. The fourth-order valence-electron chi connectivity index (χ4n) is 1.83. The predicted molar refractivity (Wildman–Crippen MR) is 56.0 cm³/mol. The van der Waals surface area contributed by atoms with Crippen LogP contribution in [0.5, 0.6) is 0 Å². The molecule has 16 heavy (non-hydrogen) atoms. The van der Waals surface area contributed by atoms with E-state index in [0.29, 0.717) is 5.56 Å². The molecule has 0 aliphatic carbocycles. The van der Waals surface area contributed by atoms with Crippen LogP contribution < -0.4 is 0 Å². The number of rotatable bonds is 1. The standard InChI is InChI=1S/C10H11O5P/c1-6-4-3-5-7-8(6)9(11)15-10(7,2)16(12,13)14/h3-5H,1-2H3,(H2,12,13,14)/t10-/m1/s1. The Kier molecular flexibility index (Phi) is 2.24. The first-order valence-electron chi connectivity index (χ1n) is 4.66. The molecule has 1 heterocycles. The normalized spacial score (nSPS) is 24.1. The molecule has 1 aliphatic heterocycles. The van der Waals surface area contributed by atoms with Gasteiger partial charge in [-0.2, -0.15) is 0 Å². The van der Waals surface area contributed by atoms with Crippen molar-refractivity contribution in [3.8, 4) is 0 Å². The second kappa shape index (κ2) is 3.17. The second-order valence-corrected chi connectivity index (χ2v) is 5.86. The number of esters is 1. The minimum absolute atomic E-state index is 0.255. The molecule has 0 amide bonds. The first-order chi connectivity index (χ1) is 7.27. The lowest BCUT2D eigenvalue weighted by Crippen LogP contribution is -2.21. The summed E-state index contributed by atoms with van der Waals surface area (Å²) in [6.07, 6.45) is 0. The van der Waals surface area contributed by atoms with E-state index in [-0.39, 0.29) is 11.1 Å². The summed E-state index contributed by atoms with van der Waals surface area (Å²) in [5.41, 5.74) is 1.17. The summed E-state index contributed by atoms with van der Waals surface area (Å²) in [5, 5.41) is -1.86. The van der Waals surface area contributed by atoms with E-state index in [0.717, 1.165) is 0 Å². The van der Waals surface area contributed by atoms with Crippen molar-refractivity contribution < 1.29 is 23.9 Å². The van der Waals surface area contributed by atoms with Crippen molar-refractivity contribution in [3.05, 3.63) is 34.9 Å². The lowest BCUT2D eigenvalue weighted by molar-refractivity contribution is 0.0227. The molecule has 0 bridgehead atoms. The van der Waals surface area contributed by atoms with Crippen LogP contribution in [0.1, 0.15) is 28.4 Å². The number of hydrogen-bond acceptors (Lipinski definition) is 3. The smallest absolute Gasteiger partial charge is 0.373 e. The van der Waals surface area contributed by atoms with Crippen LogP contribution in [0.4, 0.5) is 0 Å². The molecule has 1 atom stereocenters. The van der Waals surface area contributed by atoms with Crippen LogP contribution in [0.25, 0.3) is 0 Å². The van der Waals surface area contributed by atoms with E-state index >= 15 is 0 Å². The Morgan fingerprint density at radius 3 is 2.56 bits per heavy atom. The molecule has 5 nitrogen and oxygen atoms in total. The number of cyclic esters (lactones) is 1. The molecular weight excluding hydrogens is 231 g/mol. The van der Waals surface area contributed by atoms with Gasteiger partial charge in [-0.15, -0.1) is 0 Å². The average Bonchev–Trinajstić information content (AvgIpc) is 2.40. The fraction of sp³-hybridized carbons (Fsp3) is 0.300. The van der Waals surface area contributed by atoms with Gasteiger partial charge in [0.15, 0.2) is 0 Å². The molecule has 0 spiro atoms. The highest BCUT2D eigenvalue weighted by Gasteiger charge is 2.54. The van der Waals surface area contributed by atoms with Gasteiger partial charge in [0.1, 0.15) is 0 Å². The fourth-order valence-corrected chi connectivity index (χ4v) is 2.53. The number of carbonyl (C=O) groups excluding carboxylic acids is 1. The molecular formula is C10H11O5P. The van der Waals surface area contributed by atoms with Crippen molar-refractivity contribution in [1.29, 1.82) is 0 Å². The average molecular weight is 242 g/mol. The summed E-state index contributed by atoms with van der Waals surface area (Å²) < 4.78 is 16.3. The van der Waals surface area contributed by atoms with Gasteiger partial charge in [-0.05, 0) is 19.4 Å². The molecule has 0 saturated heterocycles. The largest absolute Gasteiger partial charge is 0.438 e. The molecule has 2 N–H and O–H groups in total. The minimum atomic E-state index is -4.56. The van der Waals surface area contributed by atoms with Gasteiger partial charge in [0.05, 0.1) is 5.56 Å². The maximum atomic E-state index is 11.6. The van der Waals surface area contributed by atoms with Crippen molar-refractivity contribution in [1.82, 2.24) is 0 Å². The first kappa shape index (κ1) is 11.3. The van der Waals surface area contributed by atoms with Crippen LogP contribution >= 0.6 is 7.60 Å². The van der Waals surface area contributed by atoms with Gasteiger partial charge in [-0.25, -0.2) is 4.79 Å². The zero-order chi connectivity index (χ0) is 12.1. The Bertz CT molecular complexity index is 518. The third kappa shape index (κ3) is 1.33. The summed E-state index contributed by atoms with van der Waals surface area (Å²) in [7, 11) is -4.56. The molecule has 1 aliphatic rings. The van der Waals surface area contributed by atoms with Gasteiger partial charge >= 0.3 is 13.6 Å². The van der Waals surface area contributed by atoms with E-state index < -0.39 is 18.9 Å². The zero-order valence-corrected chi connectivity index (χ0v) is 9.69. The van der Waals surface area contributed by atoms with E-state index in [1.54, 1.807) is 19.1 Å². The van der Waals surface area contributed by atoms with Gasteiger partial charge in [0.25, 0.3) is 0 Å². The molecule has 86 valence electrons. The summed E-state index contributed by atoms with van der Waals surface area (Å²) in [5.74, 6) is -0.682. The SMILES string of the molecule is Cc1cccc2c1C(=O)O[C@]2(C)P(=O)(O)O. The maximum absolute atomic E-state index is 11.6. The molecule has 1 aromatic rings. The molecule has 0 radical (unpaired) electrons. The van der Waals surface area contributed by atoms with Crippen LogP contribution in [-0.4, -0.2) is 15.8 Å². The Balaban J connectivity index is 2.74. The number of aryl methyl sites for hydroxylation is 1. The highest BCUT2D eigenvalue weighted by molar-refractivity contribution is 7.53. The molecule has 0 unspecified atom stereocenters. The molecule has 1 aromatic carbocycles. The molecule has 0 saturated carbocycles. The minimum Gasteiger partial charge on any atom is -0.438 e. The highest BCUT2D eigenvalue weighted by atomic mass is 31.2. The summed E-state index contributed by atoms with van der Waals surface area (Å²) in [6.45, 7) is 2.93. The number of benzene rings is 1. The van der Waals surface area contributed by atoms with Crippen LogP contribution in [0.15, 0.2) is 18.2 Å². The summed E-state index contributed by atoms with van der Waals surface area (Å²) in [4.78, 5) is 30.1. The Morgan fingerprint density at radius 1 is 1.38 bits per heavy atom. The lowest BCUT2D eigenvalue weighted by Gasteiger charge is -2.24. The third-order valence-corrected chi connectivity index (χ3v) is 4.27. The van der Waals surface area contributed by atoms with Crippen molar-refractivity contribution in [3.63, 3.8) is 0 Å². The molecule has 6 heteroatoms. The second-order valence-electron chi connectivity index (χ2n) is 3.91. The van der Waals surface area contributed by atoms with Crippen LogP contribution in [0.2, 0.25) is 0 Å². The quantitative estimate of drug-likeness (QED) is 0.576. The van der Waals surface area contributed by atoms with Gasteiger partial charge in [0, 0.05) is 5.56 Å². The van der Waals surface area contributed by atoms with Gasteiger partial charge in [-0.1, -0.05) is 18.2 Å². The van der Waals surface area contributed by atoms with E-state index in [1.807, 2.05) is 0 Å². The molecule has 2 rings (SSSR count). The third-order valence-electron chi connectivity index (χ3n) is 2.82. The number of hydrogen-bond donors (Lipinski definition) is 2. The topological polar surface area (TPSA) is 83.8 Å². The predicted octanol–water partition coefficient (Wildman–Crippen LogP) is 1.52. The van der Waals surface area contributed by atoms with Gasteiger partial charge in [-0.3, -0.25) is 4.57 Å². The van der Waals surface area contributed by atoms with E-state index in [4.69, 9.17) is 4.74 Å². The lowest BCUT2D eigenvalue weighted by atomic mass is 10.0. The van der Waals surface area contributed by atoms with Crippen molar-refractivity contribution in [2.24, 2.45) is 0 Å². The van der Waals surface area contributed by atoms with Crippen LogP contribution in [-0.2, 0) is 14.6 Å². The molecule has 0 fully saturated rings. The maximum Gasteiger partial charge on any atom is 0.373 e. The van der Waals surface area contributed by atoms with E-state index in [9.17, 15) is 19.1 Å². The van der Waals surface area contributed by atoms with E-state index in [2.05, 4.69) is 0 Å². The first-order valence-corrected chi connectivity index (χ1v) is 6.27. The monoisotopic (exact) mass is 242 g/mol. The van der Waals surface area contributed by atoms with Crippen molar-refractivity contribution in [2.45, 2.75) is 19.2 Å². The van der Waals surface area contributed by atoms with Crippen molar-refractivity contribution >= 4 is 13.6 Å². The Labute approximate surface area is 92.2 Å². The highest BCUT2D eigenvalue weighted by Crippen LogP contribution is 2.61.